The Hall–Kier alpha value is -0.800. The lowest BCUT2D eigenvalue weighted by atomic mass is 9.95. The first-order valence-electron chi connectivity index (χ1n) is 5.98. The smallest absolute Gasteiger partial charge is 0.0220 e. The van der Waals surface area contributed by atoms with Gasteiger partial charge in [0.2, 0.25) is 0 Å². The molecule has 1 aliphatic rings. The Labute approximate surface area is 91.7 Å². The van der Waals surface area contributed by atoms with Gasteiger partial charge in [-0.3, -0.25) is 0 Å². The molecule has 1 aromatic heterocycles. The lowest BCUT2D eigenvalue weighted by molar-refractivity contribution is 0.348. The summed E-state index contributed by atoms with van der Waals surface area (Å²) in [5, 5.41) is 6.90. The molecule has 0 atom stereocenters. The Morgan fingerprint density at radius 1 is 1.33 bits per heavy atom. The van der Waals surface area contributed by atoms with Crippen LogP contribution >= 0.6 is 0 Å². The average Bonchev–Trinajstić information content (AvgIpc) is 2.79. The van der Waals surface area contributed by atoms with E-state index in [9.17, 15) is 0 Å². The molecule has 1 fully saturated rings. The van der Waals surface area contributed by atoms with E-state index in [4.69, 9.17) is 0 Å². The van der Waals surface area contributed by atoms with Crippen LogP contribution in [0.5, 0.6) is 0 Å². The van der Waals surface area contributed by atoms with Crippen molar-refractivity contribution in [2.24, 2.45) is 5.92 Å². The number of aromatic amines is 1. The van der Waals surface area contributed by atoms with Crippen LogP contribution in [-0.2, 0) is 6.54 Å². The van der Waals surface area contributed by atoms with Crippen LogP contribution in [0, 0.1) is 5.92 Å². The molecule has 1 aliphatic heterocycles. The van der Waals surface area contributed by atoms with Crippen LogP contribution in [0.25, 0.3) is 0 Å². The van der Waals surface area contributed by atoms with Crippen LogP contribution < -0.4 is 10.6 Å². The molecule has 0 spiro atoms. The van der Waals surface area contributed by atoms with E-state index in [0.717, 1.165) is 19.0 Å². The number of rotatable bonds is 5. The highest BCUT2D eigenvalue weighted by Crippen LogP contribution is 2.14. The number of nitrogens with one attached hydrogen (secondary N) is 3. The highest BCUT2D eigenvalue weighted by Gasteiger charge is 2.11. The zero-order valence-corrected chi connectivity index (χ0v) is 9.26. The van der Waals surface area contributed by atoms with Gasteiger partial charge in [-0.15, -0.1) is 0 Å². The summed E-state index contributed by atoms with van der Waals surface area (Å²) >= 11 is 0. The highest BCUT2D eigenvalue weighted by molar-refractivity contribution is 5.07. The predicted octanol–water partition coefficient (Wildman–Crippen LogP) is 1.49. The second-order valence-corrected chi connectivity index (χ2v) is 4.38. The van der Waals surface area contributed by atoms with Crippen molar-refractivity contribution in [3.63, 3.8) is 0 Å². The van der Waals surface area contributed by atoms with Crippen molar-refractivity contribution in [3.05, 3.63) is 24.0 Å². The van der Waals surface area contributed by atoms with Gasteiger partial charge in [0.25, 0.3) is 0 Å². The summed E-state index contributed by atoms with van der Waals surface area (Å²) in [6.45, 7) is 4.56. The number of aromatic nitrogens is 1. The molecule has 2 heterocycles. The SMILES string of the molecule is c1cc(CNCCC2CCNCC2)c[nH]1. The third-order valence-corrected chi connectivity index (χ3v) is 3.18. The molecule has 1 saturated heterocycles. The third kappa shape index (κ3) is 3.68. The maximum Gasteiger partial charge on any atom is 0.0220 e. The van der Waals surface area contributed by atoms with E-state index in [0.29, 0.717) is 0 Å². The molecule has 0 aromatic carbocycles. The van der Waals surface area contributed by atoms with E-state index < -0.39 is 0 Å². The first-order valence-corrected chi connectivity index (χ1v) is 5.98. The fraction of sp³-hybridized carbons (Fsp3) is 0.667. The van der Waals surface area contributed by atoms with Gasteiger partial charge in [-0.1, -0.05) is 0 Å². The van der Waals surface area contributed by atoms with Gasteiger partial charge in [0.1, 0.15) is 0 Å². The first kappa shape index (κ1) is 10.7. The van der Waals surface area contributed by atoms with Gasteiger partial charge in [0.05, 0.1) is 0 Å². The number of hydrogen-bond acceptors (Lipinski definition) is 2. The van der Waals surface area contributed by atoms with Crippen molar-refractivity contribution in [1.82, 2.24) is 15.6 Å². The second kappa shape index (κ2) is 5.93. The van der Waals surface area contributed by atoms with Gasteiger partial charge in [0, 0.05) is 18.9 Å². The zero-order chi connectivity index (χ0) is 10.3. The molecule has 0 amide bonds. The quantitative estimate of drug-likeness (QED) is 0.640. The summed E-state index contributed by atoms with van der Waals surface area (Å²) in [6.07, 6.45) is 8.06. The van der Waals surface area contributed by atoms with E-state index in [1.807, 2.05) is 6.20 Å². The van der Waals surface area contributed by atoms with Gasteiger partial charge in [-0.05, 0) is 56.4 Å². The molecule has 0 aliphatic carbocycles. The van der Waals surface area contributed by atoms with Crippen molar-refractivity contribution in [3.8, 4) is 0 Å². The maximum absolute atomic E-state index is 3.49. The summed E-state index contributed by atoms with van der Waals surface area (Å²) in [5.41, 5.74) is 1.35. The van der Waals surface area contributed by atoms with Gasteiger partial charge in [0.15, 0.2) is 0 Å². The molecular formula is C12H21N3. The fourth-order valence-electron chi connectivity index (χ4n) is 2.18. The molecule has 2 rings (SSSR count). The topological polar surface area (TPSA) is 39.8 Å². The average molecular weight is 207 g/mol. The summed E-state index contributed by atoms with van der Waals surface area (Å²) < 4.78 is 0. The van der Waals surface area contributed by atoms with E-state index in [1.165, 1.54) is 37.9 Å². The van der Waals surface area contributed by atoms with Crippen molar-refractivity contribution in [2.75, 3.05) is 19.6 Å². The molecule has 3 N–H and O–H groups in total. The Morgan fingerprint density at radius 2 is 2.20 bits per heavy atom. The lowest BCUT2D eigenvalue weighted by Crippen LogP contribution is -2.29. The van der Waals surface area contributed by atoms with Crippen LogP contribution in [0.4, 0.5) is 0 Å². The van der Waals surface area contributed by atoms with E-state index >= 15 is 0 Å². The lowest BCUT2D eigenvalue weighted by Gasteiger charge is -2.22. The number of piperidine rings is 1. The van der Waals surface area contributed by atoms with Crippen LogP contribution in [0.1, 0.15) is 24.8 Å². The minimum absolute atomic E-state index is 0.935. The molecule has 15 heavy (non-hydrogen) atoms. The van der Waals surface area contributed by atoms with Gasteiger partial charge in [-0.2, -0.15) is 0 Å². The molecule has 84 valence electrons. The standard InChI is InChI=1S/C12H21N3/c1-5-13-6-2-11(1)3-7-14-9-12-4-8-15-10-12/h4,8,10-11,13-15H,1-3,5-7,9H2. The summed E-state index contributed by atoms with van der Waals surface area (Å²) in [6, 6.07) is 2.12. The minimum atomic E-state index is 0.935. The molecule has 0 radical (unpaired) electrons. The molecule has 3 nitrogen and oxygen atoms in total. The van der Waals surface area contributed by atoms with Crippen LogP contribution in [0.3, 0.4) is 0 Å². The Kier molecular flexibility index (Phi) is 4.23. The second-order valence-electron chi connectivity index (χ2n) is 4.38. The largest absolute Gasteiger partial charge is 0.367 e. The van der Waals surface area contributed by atoms with Gasteiger partial charge >= 0.3 is 0 Å². The van der Waals surface area contributed by atoms with E-state index in [-0.39, 0.29) is 0 Å². The van der Waals surface area contributed by atoms with Crippen molar-refractivity contribution >= 4 is 0 Å². The van der Waals surface area contributed by atoms with Crippen molar-refractivity contribution < 1.29 is 0 Å². The Morgan fingerprint density at radius 3 is 2.93 bits per heavy atom. The normalized spacial score (nSPS) is 18.1. The monoisotopic (exact) mass is 207 g/mol. The zero-order valence-electron chi connectivity index (χ0n) is 9.26. The summed E-state index contributed by atoms with van der Waals surface area (Å²) in [7, 11) is 0. The van der Waals surface area contributed by atoms with Crippen LogP contribution in [0.15, 0.2) is 18.5 Å². The predicted molar refractivity (Wildman–Crippen MR) is 62.7 cm³/mol. The van der Waals surface area contributed by atoms with Crippen molar-refractivity contribution in [1.29, 1.82) is 0 Å². The summed E-state index contributed by atoms with van der Waals surface area (Å²) in [5.74, 6) is 0.935. The Bertz CT molecular complexity index is 250. The number of H-pyrrole nitrogens is 1. The first-order chi connectivity index (χ1) is 7.45. The Balaban J connectivity index is 1.54. The maximum atomic E-state index is 3.49. The molecule has 0 bridgehead atoms. The molecule has 0 unspecified atom stereocenters. The third-order valence-electron chi connectivity index (χ3n) is 3.18. The van der Waals surface area contributed by atoms with Gasteiger partial charge < -0.3 is 15.6 Å². The van der Waals surface area contributed by atoms with Crippen LogP contribution in [0.2, 0.25) is 0 Å². The van der Waals surface area contributed by atoms with Crippen LogP contribution in [-0.4, -0.2) is 24.6 Å². The minimum Gasteiger partial charge on any atom is -0.367 e. The van der Waals surface area contributed by atoms with Gasteiger partial charge in [-0.25, -0.2) is 0 Å². The molecule has 1 aromatic rings. The number of hydrogen-bond donors (Lipinski definition) is 3. The van der Waals surface area contributed by atoms with E-state index in [2.05, 4.69) is 27.9 Å². The molecule has 0 saturated carbocycles. The van der Waals surface area contributed by atoms with E-state index in [1.54, 1.807) is 0 Å². The summed E-state index contributed by atoms with van der Waals surface area (Å²) in [4.78, 5) is 3.07. The highest BCUT2D eigenvalue weighted by atomic mass is 14.9. The molecular weight excluding hydrogens is 186 g/mol. The van der Waals surface area contributed by atoms with Crippen molar-refractivity contribution in [2.45, 2.75) is 25.8 Å². The molecule has 3 heteroatoms. The fourth-order valence-corrected chi connectivity index (χ4v) is 2.18.